The number of hydrogen-bond donors (Lipinski definition) is 3. The van der Waals surface area contributed by atoms with Crippen molar-refractivity contribution in [3.8, 4) is 5.75 Å². The Bertz CT molecular complexity index is 2160. The average molecular weight is 682 g/mol. The Hall–Kier alpha value is -6.26. The van der Waals surface area contributed by atoms with E-state index >= 15 is 0 Å². The van der Waals surface area contributed by atoms with E-state index in [1.54, 1.807) is 115 Å². The highest BCUT2D eigenvalue weighted by molar-refractivity contribution is 8.00. The maximum Gasteiger partial charge on any atom is 0.272 e. The Balaban J connectivity index is 1.15. The minimum Gasteiger partial charge on any atom is -0.493 e. The number of nitrogens with one attached hydrogen (secondary N) is 3. The van der Waals surface area contributed by atoms with Crippen LogP contribution in [0.15, 0.2) is 132 Å². The van der Waals surface area contributed by atoms with Crippen molar-refractivity contribution in [2.45, 2.75) is 11.8 Å². The molecule has 0 aliphatic heterocycles. The molecular formula is C40H31N3O6S. The van der Waals surface area contributed by atoms with E-state index in [1.165, 1.54) is 11.8 Å². The minimum absolute atomic E-state index is 0.00489. The van der Waals surface area contributed by atoms with Crippen LogP contribution in [0.4, 0.5) is 11.4 Å². The molecule has 50 heavy (non-hydrogen) atoms. The summed E-state index contributed by atoms with van der Waals surface area (Å²) < 4.78 is 5.72. The van der Waals surface area contributed by atoms with E-state index < -0.39 is 11.8 Å². The third kappa shape index (κ3) is 7.56. The summed E-state index contributed by atoms with van der Waals surface area (Å²) in [7, 11) is 0. The van der Waals surface area contributed by atoms with E-state index in [2.05, 4.69) is 16.0 Å². The topological polar surface area (TPSA) is 131 Å². The molecule has 3 N–H and O–H groups in total. The molecule has 1 aliphatic carbocycles. The van der Waals surface area contributed by atoms with Crippen LogP contribution in [0.3, 0.4) is 0 Å². The van der Waals surface area contributed by atoms with Gasteiger partial charge in [0.25, 0.3) is 11.8 Å². The van der Waals surface area contributed by atoms with Crippen molar-refractivity contribution in [2.24, 2.45) is 0 Å². The van der Waals surface area contributed by atoms with Gasteiger partial charge in [0.15, 0.2) is 11.6 Å². The van der Waals surface area contributed by atoms with E-state index in [0.29, 0.717) is 45.2 Å². The Morgan fingerprint density at radius 2 is 1.40 bits per heavy atom. The number of carbonyl (C=O) groups is 5. The number of carbonyl (C=O) groups excluding carboxylic acids is 5. The lowest BCUT2D eigenvalue weighted by Gasteiger charge is -2.20. The minimum atomic E-state index is -0.560. The highest BCUT2D eigenvalue weighted by Gasteiger charge is 2.31. The molecule has 0 aromatic heterocycles. The molecule has 6 rings (SSSR count). The monoisotopic (exact) mass is 681 g/mol. The molecule has 0 spiro atoms. The van der Waals surface area contributed by atoms with Crippen molar-refractivity contribution in [2.75, 3.05) is 23.0 Å². The van der Waals surface area contributed by atoms with Crippen LogP contribution < -0.4 is 20.7 Å². The summed E-state index contributed by atoms with van der Waals surface area (Å²) in [6, 6.07) is 34.2. The van der Waals surface area contributed by atoms with Gasteiger partial charge in [0.2, 0.25) is 5.91 Å². The second-order valence-electron chi connectivity index (χ2n) is 11.1. The van der Waals surface area contributed by atoms with Gasteiger partial charge in [-0.1, -0.05) is 78.9 Å². The smallest absolute Gasteiger partial charge is 0.272 e. The fraction of sp³-hybridized carbons (Fsp3) is 0.0750. The molecule has 5 aromatic carbocycles. The van der Waals surface area contributed by atoms with Gasteiger partial charge in [0, 0.05) is 38.4 Å². The molecule has 0 unspecified atom stereocenters. The summed E-state index contributed by atoms with van der Waals surface area (Å²) >= 11 is 1.23. The highest BCUT2D eigenvalue weighted by Crippen LogP contribution is 2.32. The van der Waals surface area contributed by atoms with Gasteiger partial charge in [-0.3, -0.25) is 24.0 Å². The van der Waals surface area contributed by atoms with Gasteiger partial charge in [0.1, 0.15) is 11.4 Å². The number of anilines is 2. The summed E-state index contributed by atoms with van der Waals surface area (Å²) in [5, 5.41) is 8.37. The number of hydrogen-bond acceptors (Lipinski definition) is 7. The quantitative estimate of drug-likeness (QED) is 0.0992. The van der Waals surface area contributed by atoms with Crippen LogP contribution in [-0.4, -0.2) is 41.6 Å². The maximum absolute atomic E-state index is 13.6. The highest BCUT2D eigenvalue weighted by atomic mass is 32.2. The molecule has 0 saturated heterocycles. The van der Waals surface area contributed by atoms with Crippen LogP contribution in [0, 0.1) is 0 Å². The summed E-state index contributed by atoms with van der Waals surface area (Å²) in [6.45, 7) is 2.28. The Labute approximate surface area is 292 Å². The second-order valence-corrected chi connectivity index (χ2v) is 12.1. The SMILES string of the molecule is CCOc1ccccc1/C=C(/NC(=O)c1ccccc1)C(=O)Nc1cccc(SCC(=O)Nc2cccc3c2C(=O)c2ccccc2C3=O)c1. The van der Waals surface area contributed by atoms with Gasteiger partial charge in [-0.05, 0) is 55.5 Å². The molecule has 1 aliphatic rings. The summed E-state index contributed by atoms with van der Waals surface area (Å²) in [4.78, 5) is 66.8. The lowest BCUT2D eigenvalue weighted by molar-refractivity contribution is -0.114. The van der Waals surface area contributed by atoms with Gasteiger partial charge in [-0.25, -0.2) is 0 Å². The number of ether oxygens (including phenoxy) is 1. The zero-order chi connectivity index (χ0) is 35.0. The fourth-order valence-corrected chi connectivity index (χ4v) is 6.19. The molecule has 10 heteroatoms. The van der Waals surface area contributed by atoms with E-state index in [-0.39, 0.29) is 45.7 Å². The van der Waals surface area contributed by atoms with Crippen LogP contribution in [0.5, 0.6) is 5.75 Å². The number of rotatable bonds is 11. The predicted octanol–water partition coefficient (Wildman–Crippen LogP) is 7.00. The molecule has 0 bridgehead atoms. The van der Waals surface area contributed by atoms with Crippen LogP contribution >= 0.6 is 11.8 Å². The van der Waals surface area contributed by atoms with Crippen molar-refractivity contribution in [1.82, 2.24) is 5.32 Å². The van der Waals surface area contributed by atoms with E-state index in [0.717, 1.165) is 0 Å². The van der Waals surface area contributed by atoms with Gasteiger partial charge in [0.05, 0.1) is 23.6 Å². The Morgan fingerprint density at radius 3 is 2.18 bits per heavy atom. The first-order valence-corrected chi connectivity index (χ1v) is 16.8. The number of amides is 3. The number of benzene rings is 5. The zero-order valence-corrected chi connectivity index (χ0v) is 27.7. The predicted molar refractivity (Wildman–Crippen MR) is 194 cm³/mol. The summed E-state index contributed by atoms with van der Waals surface area (Å²) in [6.07, 6.45) is 1.56. The van der Waals surface area contributed by atoms with Gasteiger partial charge < -0.3 is 20.7 Å². The van der Waals surface area contributed by atoms with E-state index in [4.69, 9.17) is 4.74 Å². The van der Waals surface area contributed by atoms with Crippen molar-refractivity contribution < 1.29 is 28.7 Å². The number of ketones is 2. The Morgan fingerprint density at radius 1 is 0.720 bits per heavy atom. The van der Waals surface area contributed by atoms with Crippen molar-refractivity contribution >= 4 is 58.5 Å². The third-order valence-corrected chi connectivity index (χ3v) is 8.73. The first kappa shape index (κ1) is 33.6. The lowest BCUT2D eigenvalue weighted by atomic mass is 9.83. The molecule has 5 aromatic rings. The summed E-state index contributed by atoms with van der Waals surface area (Å²) in [5.41, 5.74) is 2.77. The first-order valence-electron chi connectivity index (χ1n) is 15.8. The lowest BCUT2D eigenvalue weighted by Crippen LogP contribution is -2.30. The number of thioether (sulfide) groups is 1. The van der Waals surface area contributed by atoms with Crippen LogP contribution in [0.2, 0.25) is 0 Å². The molecule has 248 valence electrons. The fourth-order valence-electron chi connectivity index (χ4n) is 5.43. The van der Waals surface area contributed by atoms with Crippen molar-refractivity contribution in [3.05, 3.63) is 160 Å². The maximum atomic E-state index is 13.6. The molecule has 0 heterocycles. The van der Waals surface area contributed by atoms with Crippen LogP contribution in [0.1, 0.15) is 54.7 Å². The van der Waals surface area contributed by atoms with Gasteiger partial charge >= 0.3 is 0 Å². The second kappa shape index (κ2) is 15.3. The summed E-state index contributed by atoms with van der Waals surface area (Å²) in [5.74, 6) is -1.43. The molecule has 3 amide bonds. The average Bonchev–Trinajstić information content (AvgIpc) is 3.14. The van der Waals surface area contributed by atoms with Crippen molar-refractivity contribution in [3.63, 3.8) is 0 Å². The molecule has 0 fully saturated rings. The number of para-hydroxylation sites is 1. The van der Waals surface area contributed by atoms with Crippen LogP contribution in [-0.2, 0) is 9.59 Å². The molecule has 9 nitrogen and oxygen atoms in total. The Kier molecular flexibility index (Phi) is 10.3. The largest absolute Gasteiger partial charge is 0.493 e. The molecule has 0 saturated carbocycles. The van der Waals surface area contributed by atoms with Gasteiger partial charge in [-0.2, -0.15) is 0 Å². The normalized spacial score (nSPS) is 12.0. The van der Waals surface area contributed by atoms with Crippen LogP contribution in [0.25, 0.3) is 6.08 Å². The first-order chi connectivity index (χ1) is 24.3. The van der Waals surface area contributed by atoms with Gasteiger partial charge in [-0.15, -0.1) is 11.8 Å². The van der Waals surface area contributed by atoms with Crippen molar-refractivity contribution in [1.29, 1.82) is 0 Å². The molecular weight excluding hydrogens is 651 g/mol. The van der Waals surface area contributed by atoms with E-state index in [1.807, 2.05) is 19.1 Å². The molecule has 0 atom stereocenters. The third-order valence-electron chi connectivity index (χ3n) is 7.74. The molecule has 0 radical (unpaired) electrons. The van der Waals surface area contributed by atoms with E-state index in [9.17, 15) is 24.0 Å². The standard InChI is InChI=1S/C40H31N3O6S/c1-2-49-34-21-9-6-14-26(34)22-33(43-39(47)25-12-4-3-5-13-25)40(48)41-27-15-10-16-28(23-27)50-24-35(44)42-32-20-11-19-31-36(32)38(46)30-18-8-7-17-29(30)37(31)45/h3-23H,2,24H2,1H3,(H,41,48)(H,42,44)(H,43,47)/b33-22+. The zero-order valence-electron chi connectivity index (χ0n) is 26.9. The number of fused-ring (bicyclic) bond motifs is 2.